The quantitative estimate of drug-likeness (QED) is 0.701. The summed E-state index contributed by atoms with van der Waals surface area (Å²) >= 11 is 0. The van der Waals surface area contributed by atoms with Crippen molar-refractivity contribution >= 4 is 11.0 Å². The van der Waals surface area contributed by atoms with E-state index in [1.54, 1.807) is 0 Å². The monoisotopic (exact) mass is 243 g/mol. The highest BCUT2D eigenvalue weighted by atomic mass is 16.3. The molecule has 0 bridgehead atoms. The van der Waals surface area contributed by atoms with E-state index in [0.29, 0.717) is 0 Å². The molecule has 0 radical (unpaired) electrons. The topological polar surface area (TPSA) is 16.4 Å². The summed E-state index contributed by atoms with van der Waals surface area (Å²) in [6, 6.07) is 6.70. The van der Waals surface area contributed by atoms with E-state index in [0.717, 1.165) is 30.9 Å². The van der Waals surface area contributed by atoms with Crippen LogP contribution in [0, 0.1) is 0 Å². The van der Waals surface area contributed by atoms with Crippen LogP contribution in [0.4, 0.5) is 0 Å². The molecular weight excluding hydrogens is 222 g/mol. The van der Waals surface area contributed by atoms with Gasteiger partial charge in [-0.05, 0) is 30.5 Å². The van der Waals surface area contributed by atoms with Crippen molar-refractivity contribution in [3.63, 3.8) is 0 Å². The average molecular weight is 243 g/mol. The highest BCUT2D eigenvalue weighted by Crippen LogP contribution is 2.33. The van der Waals surface area contributed by atoms with Crippen LogP contribution >= 0.6 is 0 Å². The number of likely N-dealkylation sites (N-methyl/N-ethyl adjacent to an activating group) is 1. The Hall–Kier alpha value is -1.28. The van der Waals surface area contributed by atoms with Gasteiger partial charge in [-0.1, -0.05) is 32.9 Å². The molecule has 3 rings (SSSR count). The van der Waals surface area contributed by atoms with Crippen LogP contribution in [0.25, 0.3) is 11.0 Å². The second kappa shape index (κ2) is 3.86. The third-order valence-corrected chi connectivity index (χ3v) is 3.90. The van der Waals surface area contributed by atoms with Crippen molar-refractivity contribution < 1.29 is 4.42 Å². The molecule has 1 aliphatic rings. The normalized spacial score (nSPS) is 17.1. The fourth-order valence-corrected chi connectivity index (χ4v) is 2.70. The van der Waals surface area contributed by atoms with Gasteiger partial charge in [0, 0.05) is 17.5 Å². The number of fused-ring (bicyclic) bond motifs is 3. The van der Waals surface area contributed by atoms with Gasteiger partial charge in [-0.25, -0.2) is 0 Å². The molecule has 2 aromatic rings. The summed E-state index contributed by atoms with van der Waals surface area (Å²) < 4.78 is 6.06. The van der Waals surface area contributed by atoms with Gasteiger partial charge in [-0.3, -0.25) is 4.90 Å². The summed E-state index contributed by atoms with van der Waals surface area (Å²) in [5, 5.41) is 1.31. The molecule has 2 nitrogen and oxygen atoms in total. The van der Waals surface area contributed by atoms with Gasteiger partial charge in [0.25, 0.3) is 0 Å². The highest BCUT2D eigenvalue weighted by molar-refractivity contribution is 5.83. The van der Waals surface area contributed by atoms with E-state index in [4.69, 9.17) is 4.42 Å². The molecule has 0 amide bonds. The second-order valence-electron chi connectivity index (χ2n) is 6.45. The Kier molecular flexibility index (Phi) is 2.53. The molecule has 0 saturated carbocycles. The summed E-state index contributed by atoms with van der Waals surface area (Å²) in [7, 11) is 2.15. The summed E-state index contributed by atoms with van der Waals surface area (Å²) in [6.07, 6.45) is 1.10. The largest absolute Gasteiger partial charge is 0.459 e. The third kappa shape index (κ3) is 1.85. The maximum Gasteiger partial charge on any atom is 0.134 e. The van der Waals surface area contributed by atoms with E-state index in [9.17, 15) is 0 Å². The number of furan rings is 1. The smallest absolute Gasteiger partial charge is 0.134 e. The van der Waals surface area contributed by atoms with Crippen molar-refractivity contribution in [3.05, 3.63) is 35.1 Å². The lowest BCUT2D eigenvalue weighted by Gasteiger charge is -2.20. The van der Waals surface area contributed by atoms with Crippen LogP contribution in [-0.2, 0) is 18.4 Å². The van der Waals surface area contributed by atoms with Crippen LogP contribution in [0.2, 0.25) is 0 Å². The third-order valence-electron chi connectivity index (χ3n) is 3.90. The van der Waals surface area contributed by atoms with Crippen molar-refractivity contribution in [2.75, 3.05) is 13.6 Å². The van der Waals surface area contributed by atoms with Crippen LogP contribution < -0.4 is 0 Å². The molecule has 0 spiro atoms. The molecule has 0 atom stereocenters. The summed E-state index contributed by atoms with van der Waals surface area (Å²) in [6.45, 7) is 8.79. The summed E-state index contributed by atoms with van der Waals surface area (Å²) in [4.78, 5) is 2.31. The first-order chi connectivity index (χ1) is 8.45. The van der Waals surface area contributed by atoms with E-state index in [1.165, 1.54) is 16.5 Å². The summed E-state index contributed by atoms with van der Waals surface area (Å²) in [5.74, 6) is 1.16. The molecule has 1 aliphatic heterocycles. The minimum atomic E-state index is 0.179. The van der Waals surface area contributed by atoms with Crippen molar-refractivity contribution in [2.45, 2.75) is 39.2 Å². The van der Waals surface area contributed by atoms with Gasteiger partial charge in [0.05, 0.1) is 6.54 Å². The highest BCUT2D eigenvalue weighted by Gasteiger charge is 2.22. The lowest BCUT2D eigenvalue weighted by atomic mass is 9.86. The van der Waals surface area contributed by atoms with Gasteiger partial charge in [-0.15, -0.1) is 0 Å². The molecule has 1 aromatic heterocycles. The predicted octanol–water partition coefficient (Wildman–Crippen LogP) is 3.72. The Balaban J connectivity index is 2.14. The lowest BCUT2D eigenvalue weighted by Crippen LogP contribution is -2.25. The molecule has 2 heterocycles. The maximum absolute atomic E-state index is 6.06. The van der Waals surface area contributed by atoms with Gasteiger partial charge >= 0.3 is 0 Å². The summed E-state index contributed by atoms with van der Waals surface area (Å²) in [5.41, 5.74) is 4.00. The zero-order valence-corrected chi connectivity index (χ0v) is 11.7. The fraction of sp³-hybridized carbons (Fsp3) is 0.500. The molecular formula is C16H21NO. The zero-order chi connectivity index (χ0) is 12.9. The van der Waals surface area contributed by atoms with Crippen LogP contribution in [-0.4, -0.2) is 18.5 Å². The van der Waals surface area contributed by atoms with Crippen molar-refractivity contribution in [1.82, 2.24) is 4.90 Å². The lowest BCUT2D eigenvalue weighted by molar-refractivity contribution is 0.281. The zero-order valence-electron chi connectivity index (χ0n) is 11.7. The van der Waals surface area contributed by atoms with Crippen LogP contribution in [0.5, 0.6) is 0 Å². The van der Waals surface area contributed by atoms with Crippen LogP contribution in [0.3, 0.4) is 0 Å². The number of nitrogens with zero attached hydrogens (tertiary/aromatic N) is 1. The molecule has 0 unspecified atom stereocenters. The number of rotatable bonds is 0. The Morgan fingerprint density at radius 1 is 1.22 bits per heavy atom. The minimum absolute atomic E-state index is 0.179. The van der Waals surface area contributed by atoms with E-state index >= 15 is 0 Å². The van der Waals surface area contributed by atoms with Gasteiger partial charge in [-0.2, -0.15) is 0 Å². The van der Waals surface area contributed by atoms with Gasteiger partial charge in [0.1, 0.15) is 11.3 Å². The van der Waals surface area contributed by atoms with Crippen LogP contribution in [0.15, 0.2) is 22.6 Å². The SMILES string of the molecule is CN1CCc2c(oc3cc(C(C)(C)C)ccc23)C1. The second-order valence-corrected chi connectivity index (χ2v) is 6.45. The Morgan fingerprint density at radius 2 is 2.00 bits per heavy atom. The van der Waals surface area contributed by atoms with Gasteiger partial charge in [0.15, 0.2) is 0 Å². The molecule has 0 saturated heterocycles. The molecule has 0 fully saturated rings. The molecule has 0 N–H and O–H groups in total. The van der Waals surface area contributed by atoms with Crippen molar-refractivity contribution in [3.8, 4) is 0 Å². The average Bonchev–Trinajstić information content (AvgIpc) is 2.63. The van der Waals surface area contributed by atoms with Gasteiger partial charge in [0.2, 0.25) is 0 Å². The molecule has 1 aromatic carbocycles. The van der Waals surface area contributed by atoms with Crippen molar-refractivity contribution in [2.24, 2.45) is 0 Å². The standard InChI is InChI=1S/C16H21NO/c1-16(2,3)11-5-6-12-13-7-8-17(4)10-15(13)18-14(12)9-11/h5-6,9H,7-8,10H2,1-4H3. The predicted molar refractivity (Wildman–Crippen MR) is 75.0 cm³/mol. The first-order valence-electron chi connectivity index (χ1n) is 6.68. The fourth-order valence-electron chi connectivity index (χ4n) is 2.70. The van der Waals surface area contributed by atoms with E-state index in [2.05, 4.69) is 50.9 Å². The number of hydrogen-bond donors (Lipinski definition) is 0. The molecule has 96 valence electrons. The first-order valence-corrected chi connectivity index (χ1v) is 6.68. The maximum atomic E-state index is 6.06. The Bertz CT molecular complexity index is 589. The Morgan fingerprint density at radius 3 is 2.72 bits per heavy atom. The van der Waals surface area contributed by atoms with Crippen LogP contribution in [0.1, 0.15) is 37.7 Å². The molecule has 2 heteroatoms. The van der Waals surface area contributed by atoms with E-state index in [-0.39, 0.29) is 5.41 Å². The molecule has 18 heavy (non-hydrogen) atoms. The minimum Gasteiger partial charge on any atom is -0.459 e. The van der Waals surface area contributed by atoms with Crippen molar-refractivity contribution in [1.29, 1.82) is 0 Å². The van der Waals surface area contributed by atoms with E-state index in [1.807, 2.05) is 0 Å². The number of hydrogen-bond acceptors (Lipinski definition) is 2. The first kappa shape index (κ1) is 11.8. The number of benzene rings is 1. The van der Waals surface area contributed by atoms with E-state index < -0.39 is 0 Å². The Labute approximate surface area is 109 Å². The van der Waals surface area contributed by atoms with Gasteiger partial charge < -0.3 is 4.42 Å². The molecule has 0 aliphatic carbocycles.